The Morgan fingerprint density at radius 2 is 1.97 bits per heavy atom. The van der Waals surface area contributed by atoms with Crippen LogP contribution < -0.4 is 9.47 Å². The molecule has 0 saturated heterocycles. The molecule has 0 amide bonds. The molecule has 0 bridgehead atoms. The number of carbonyl (C=O) groups excluding carboxylic acids is 1. The zero-order valence-corrected chi connectivity index (χ0v) is 20.0. The van der Waals surface area contributed by atoms with Crippen molar-refractivity contribution in [1.82, 2.24) is 0 Å². The average Bonchev–Trinajstić information content (AvgIpc) is 3.19. The van der Waals surface area contributed by atoms with Gasteiger partial charge in [-0.1, -0.05) is 57.9 Å². The highest BCUT2D eigenvalue weighted by Crippen LogP contribution is 2.35. The normalized spacial score (nSPS) is 14.0. The Morgan fingerprint density at radius 3 is 2.71 bits per heavy atom. The largest absolute Gasteiger partial charge is 0.493 e. The molecular formula is C24H16BrClN2O6. The summed E-state index contributed by atoms with van der Waals surface area (Å²) in [4.78, 5) is 27.3. The van der Waals surface area contributed by atoms with Crippen LogP contribution in [0, 0.1) is 10.1 Å². The first-order valence-electron chi connectivity index (χ1n) is 9.87. The molecule has 3 aromatic rings. The third-order valence-corrected chi connectivity index (χ3v) is 5.95. The van der Waals surface area contributed by atoms with Gasteiger partial charge < -0.3 is 14.2 Å². The highest BCUT2D eigenvalue weighted by molar-refractivity contribution is 9.10. The van der Waals surface area contributed by atoms with Crippen LogP contribution in [0.4, 0.5) is 5.69 Å². The van der Waals surface area contributed by atoms with Gasteiger partial charge in [0.1, 0.15) is 11.6 Å². The minimum Gasteiger partial charge on any atom is -0.493 e. The summed E-state index contributed by atoms with van der Waals surface area (Å²) in [6.07, 6.45) is 1.51. The van der Waals surface area contributed by atoms with E-state index in [0.29, 0.717) is 17.1 Å². The Balaban J connectivity index is 1.68. The number of cyclic esters (lactones) is 1. The van der Waals surface area contributed by atoms with Crippen molar-refractivity contribution >= 4 is 51.2 Å². The van der Waals surface area contributed by atoms with Gasteiger partial charge in [0, 0.05) is 27.2 Å². The number of nitro groups is 1. The molecule has 0 atom stereocenters. The molecule has 3 aromatic carbocycles. The first-order valence-corrected chi connectivity index (χ1v) is 11.0. The summed E-state index contributed by atoms with van der Waals surface area (Å²) in [6, 6.07) is 16.9. The fraction of sp³-hybridized carbons (Fsp3) is 0.0833. The minimum absolute atomic E-state index is 0.00611. The van der Waals surface area contributed by atoms with Crippen LogP contribution >= 0.6 is 27.5 Å². The van der Waals surface area contributed by atoms with Crippen molar-refractivity contribution in [3.63, 3.8) is 0 Å². The van der Waals surface area contributed by atoms with Crippen LogP contribution in [0.15, 0.2) is 75.8 Å². The molecule has 8 nitrogen and oxygen atoms in total. The van der Waals surface area contributed by atoms with E-state index in [-0.39, 0.29) is 34.5 Å². The SMILES string of the molecule is COc1cccc(/C=C2\N=C(c3ccc(Cl)c([N+](=O)[O-])c3)OC2=O)c1OCc1ccccc1Br. The number of para-hydroxylation sites is 1. The predicted molar refractivity (Wildman–Crippen MR) is 130 cm³/mol. The summed E-state index contributed by atoms with van der Waals surface area (Å²) in [5.41, 5.74) is 1.42. The van der Waals surface area contributed by atoms with Crippen molar-refractivity contribution < 1.29 is 23.9 Å². The zero-order valence-electron chi connectivity index (χ0n) is 17.7. The smallest absolute Gasteiger partial charge is 0.363 e. The number of carbonyl (C=O) groups is 1. The summed E-state index contributed by atoms with van der Waals surface area (Å²) in [6.45, 7) is 0.255. The molecule has 0 spiro atoms. The van der Waals surface area contributed by atoms with E-state index in [4.69, 9.17) is 25.8 Å². The molecule has 1 aliphatic heterocycles. The molecule has 1 aliphatic rings. The summed E-state index contributed by atoms with van der Waals surface area (Å²) < 4.78 is 17.6. The van der Waals surface area contributed by atoms with Crippen molar-refractivity contribution in [2.24, 2.45) is 4.99 Å². The Hall–Kier alpha value is -3.69. The van der Waals surface area contributed by atoms with E-state index in [2.05, 4.69) is 20.9 Å². The first kappa shape index (κ1) is 23.5. The van der Waals surface area contributed by atoms with Gasteiger partial charge in [-0.15, -0.1) is 0 Å². The molecule has 0 saturated carbocycles. The van der Waals surface area contributed by atoms with Gasteiger partial charge in [-0.3, -0.25) is 10.1 Å². The number of hydrogen-bond donors (Lipinski definition) is 0. The summed E-state index contributed by atoms with van der Waals surface area (Å²) >= 11 is 9.36. The fourth-order valence-corrected chi connectivity index (χ4v) is 3.78. The minimum atomic E-state index is -0.702. The van der Waals surface area contributed by atoms with Crippen molar-refractivity contribution in [3.8, 4) is 11.5 Å². The molecule has 172 valence electrons. The number of nitrogens with zero attached hydrogens (tertiary/aromatic N) is 2. The average molecular weight is 544 g/mol. The van der Waals surface area contributed by atoms with E-state index in [1.807, 2.05) is 24.3 Å². The molecule has 0 fully saturated rings. The molecule has 0 N–H and O–H groups in total. The van der Waals surface area contributed by atoms with E-state index in [1.165, 1.54) is 31.4 Å². The van der Waals surface area contributed by atoms with Crippen LogP contribution in [0.5, 0.6) is 11.5 Å². The number of esters is 1. The standard InChI is InChI=1S/C24H16BrClN2O6/c1-32-21-8-4-6-14(22(21)33-13-16-5-2-3-7-17(16)25)11-19-24(29)34-23(27-19)15-9-10-18(26)20(12-15)28(30)31/h2-12H,13H2,1H3/b19-11-. The monoisotopic (exact) mass is 542 g/mol. The van der Waals surface area contributed by atoms with Crippen LogP contribution in [0.25, 0.3) is 6.08 Å². The van der Waals surface area contributed by atoms with E-state index >= 15 is 0 Å². The molecule has 0 aliphatic carbocycles. The number of ether oxygens (including phenoxy) is 3. The number of methoxy groups -OCH3 is 1. The third kappa shape index (κ3) is 4.95. The van der Waals surface area contributed by atoms with Gasteiger partial charge in [0.2, 0.25) is 5.90 Å². The number of hydrogen-bond acceptors (Lipinski definition) is 7. The second kappa shape index (κ2) is 10.1. The van der Waals surface area contributed by atoms with E-state index in [1.54, 1.807) is 18.2 Å². The van der Waals surface area contributed by atoms with Crippen LogP contribution in [-0.2, 0) is 16.1 Å². The lowest BCUT2D eigenvalue weighted by atomic mass is 10.1. The quantitative estimate of drug-likeness (QED) is 0.158. The van der Waals surface area contributed by atoms with Crippen LogP contribution in [0.2, 0.25) is 5.02 Å². The Kier molecular flexibility index (Phi) is 6.95. The molecule has 0 radical (unpaired) electrons. The van der Waals surface area contributed by atoms with Crippen LogP contribution in [0.1, 0.15) is 16.7 Å². The van der Waals surface area contributed by atoms with Gasteiger partial charge >= 0.3 is 5.97 Å². The first-order chi connectivity index (χ1) is 16.4. The van der Waals surface area contributed by atoms with Gasteiger partial charge in [0.05, 0.1) is 12.0 Å². The Labute approximate surface area is 207 Å². The van der Waals surface area contributed by atoms with Gasteiger partial charge in [-0.25, -0.2) is 9.79 Å². The maximum absolute atomic E-state index is 12.5. The molecule has 0 aromatic heterocycles. The number of nitro benzene ring substituents is 1. The summed E-state index contributed by atoms with van der Waals surface area (Å²) in [7, 11) is 1.52. The van der Waals surface area contributed by atoms with E-state index < -0.39 is 10.9 Å². The number of aliphatic imine (C=N–C) groups is 1. The highest BCUT2D eigenvalue weighted by Gasteiger charge is 2.27. The molecule has 10 heteroatoms. The maximum atomic E-state index is 12.5. The van der Waals surface area contributed by atoms with Crippen LogP contribution in [-0.4, -0.2) is 23.9 Å². The molecule has 4 rings (SSSR count). The lowest BCUT2D eigenvalue weighted by Gasteiger charge is -2.14. The fourth-order valence-electron chi connectivity index (χ4n) is 3.19. The zero-order chi connectivity index (χ0) is 24.2. The van der Waals surface area contributed by atoms with E-state index in [9.17, 15) is 14.9 Å². The second-order valence-corrected chi connectivity index (χ2v) is 8.28. The molecular weight excluding hydrogens is 528 g/mol. The van der Waals surface area contributed by atoms with Crippen molar-refractivity contribution in [1.29, 1.82) is 0 Å². The highest BCUT2D eigenvalue weighted by atomic mass is 79.9. The topological polar surface area (TPSA) is 100 Å². The Morgan fingerprint density at radius 1 is 1.18 bits per heavy atom. The van der Waals surface area contributed by atoms with Crippen molar-refractivity contribution in [3.05, 3.63) is 103 Å². The summed E-state index contributed by atoms with van der Waals surface area (Å²) in [5, 5.41) is 11.1. The second-order valence-electron chi connectivity index (χ2n) is 7.02. The van der Waals surface area contributed by atoms with Gasteiger partial charge in [-0.2, -0.15) is 0 Å². The van der Waals surface area contributed by atoms with Gasteiger partial charge in [0.15, 0.2) is 17.2 Å². The summed E-state index contributed by atoms with van der Waals surface area (Å²) in [5.74, 6) is 0.138. The number of halogens is 2. The molecule has 34 heavy (non-hydrogen) atoms. The van der Waals surface area contributed by atoms with Gasteiger partial charge in [0.25, 0.3) is 5.69 Å². The third-order valence-electron chi connectivity index (χ3n) is 4.86. The Bertz CT molecular complexity index is 1360. The molecule has 1 heterocycles. The number of benzene rings is 3. The van der Waals surface area contributed by atoms with Gasteiger partial charge in [-0.05, 0) is 30.3 Å². The van der Waals surface area contributed by atoms with Crippen LogP contribution in [0.3, 0.4) is 0 Å². The van der Waals surface area contributed by atoms with Crippen molar-refractivity contribution in [2.45, 2.75) is 6.61 Å². The lowest BCUT2D eigenvalue weighted by Crippen LogP contribution is -2.06. The molecule has 0 unspecified atom stereocenters. The predicted octanol–water partition coefficient (Wildman–Crippen LogP) is 5.94. The van der Waals surface area contributed by atoms with Crippen molar-refractivity contribution in [2.75, 3.05) is 7.11 Å². The number of rotatable bonds is 7. The lowest BCUT2D eigenvalue weighted by molar-refractivity contribution is -0.384. The maximum Gasteiger partial charge on any atom is 0.363 e. The van der Waals surface area contributed by atoms with E-state index in [0.717, 1.165) is 10.0 Å².